The monoisotopic (exact) mass is 284 g/mol. The fraction of sp³-hybridized carbons (Fsp3) is 0.412. The molecule has 4 nitrogen and oxygen atoms in total. The molecule has 2 rings (SSSR count). The van der Waals surface area contributed by atoms with Crippen LogP contribution < -0.4 is 5.32 Å². The summed E-state index contributed by atoms with van der Waals surface area (Å²) in [5.41, 5.74) is 3.78. The molecule has 0 radical (unpaired) electrons. The second-order valence-corrected chi connectivity index (χ2v) is 5.13. The Balaban J connectivity index is 1.79. The summed E-state index contributed by atoms with van der Waals surface area (Å²) in [6, 6.07) is 8.85. The van der Waals surface area contributed by atoms with E-state index in [-0.39, 0.29) is 0 Å². The van der Waals surface area contributed by atoms with Gasteiger partial charge in [0, 0.05) is 37.6 Å². The average Bonchev–Trinajstić information content (AvgIpc) is 2.55. The smallest absolute Gasteiger partial charge is 0.115 e. The molecule has 2 aromatic rings. The van der Waals surface area contributed by atoms with Crippen molar-refractivity contribution >= 4 is 0 Å². The van der Waals surface area contributed by atoms with Gasteiger partial charge in [0.25, 0.3) is 0 Å². The Morgan fingerprint density at radius 3 is 2.05 bits per heavy atom. The molecule has 0 aliphatic heterocycles. The molecule has 0 aliphatic rings. The third-order valence-electron chi connectivity index (χ3n) is 3.60. The average molecular weight is 284 g/mol. The first kappa shape index (κ1) is 15.6. The molecule has 4 heteroatoms. The molecular weight excluding hydrogens is 260 g/mol. The molecule has 0 fully saturated rings. The van der Waals surface area contributed by atoms with E-state index < -0.39 is 0 Å². The lowest BCUT2D eigenvalue weighted by Gasteiger charge is -2.18. The van der Waals surface area contributed by atoms with Crippen molar-refractivity contribution in [1.82, 2.24) is 20.2 Å². The number of hydrogen-bond acceptors (Lipinski definition) is 4. The highest BCUT2D eigenvalue weighted by molar-refractivity contribution is 5.22. The summed E-state index contributed by atoms with van der Waals surface area (Å²) in [4.78, 5) is 10.4. The molecule has 0 unspecified atom stereocenters. The highest BCUT2D eigenvalue weighted by Crippen LogP contribution is 2.07. The zero-order chi connectivity index (χ0) is 14.9. The lowest BCUT2D eigenvalue weighted by Crippen LogP contribution is -2.22. The van der Waals surface area contributed by atoms with Gasteiger partial charge in [-0.05, 0) is 24.2 Å². The third-order valence-corrected chi connectivity index (χ3v) is 3.60. The van der Waals surface area contributed by atoms with Gasteiger partial charge in [-0.3, -0.25) is 4.90 Å². The van der Waals surface area contributed by atoms with Gasteiger partial charge in [-0.15, -0.1) is 0 Å². The Kier molecular flexibility index (Phi) is 6.31. The van der Waals surface area contributed by atoms with Crippen LogP contribution in [-0.2, 0) is 19.6 Å². The van der Waals surface area contributed by atoms with Crippen molar-refractivity contribution in [2.45, 2.75) is 33.5 Å². The summed E-state index contributed by atoms with van der Waals surface area (Å²) >= 11 is 0. The van der Waals surface area contributed by atoms with Gasteiger partial charge in [-0.2, -0.15) is 0 Å². The molecule has 1 aromatic carbocycles. The van der Waals surface area contributed by atoms with Crippen molar-refractivity contribution in [1.29, 1.82) is 0 Å². The van der Waals surface area contributed by atoms with Crippen LogP contribution >= 0.6 is 0 Å². The zero-order valence-electron chi connectivity index (χ0n) is 12.9. The molecule has 112 valence electrons. The highest BCUT2D eigenvalue weighted by atomic mass is 15.1. The SMILES string of the molecule is CCN(CC)Cc1ccc(CNCc2cncnc2)cc1. The van der Waals surface area contributed by atoms with E-state index in [1.165, 1.54) is 11.1 Å². The van der Waals surface area contributed by atoms with Gasteiger partial charge in [-0.25, -0.2) is 9.97 Å². The Morgan fingerprint density at radius 2 is 1.43 bits per heavy atom. The second kappa shape index (κ2) is 8.49. The maximum absolute atomic E-state index is 4.01. The van der Waals surface area contributed by atoms with Crippen molar-refractivity contribution in [3.8, 4) is 0 Å². The van der Waals surface area contributed by atoms with Crippen LogP contribution in [0.15, 0.2) is 43.0 Å². The van der Waals surface area contributed by atoms with Crippen LogP contribution in [0.5, 0.6) is 0 Å². The summed E-state index contributed by atoms with van der Waals surface area (Å²) in [5, 5.41) is 3.41. The van der Waals surface area contributed by atoms with E-state index in [0.29, 0.717) is 0 Å². The van der Waals surface area contributed by atoms with E-state index in [1.807, 2.05) is 12.4 Å². The van der Waals surface area contributed by atoms with Crippen molar-refractivity contribution < 1.29 is 0 Å². The van der Waals surface area contributed by atoms with Crippen LogP contribution in [0, 0.1) is 0 Å². The number of benzene rings is 1. The van der Waals surface area contributed by atoms with Gasteiger partial charge in [0.1, 0.15) is 6.33 Å². The minimum absolute atomic E-state index is 0.794. The predicted octanol–water partition coefficient (Wildman–Crippen LogP) is 2.61. The molecule has 0 aliphatic carbocycles. The van der Waals surface area contributed by atoms with E-state index in [1.54, 1.807) is 6.33 Å². The molecule has 1 N–H and O–H groups in total. The van der Waals surface area contributed by atoms with Gasteiger partial charge in [-0.1, -0.05) is 38.1 Å². The quantitative estimate of drug-likeness (QED) is 0.809. The number of aromatic nitrogens is 2. The zero-order valence-corrected chi connectivity index (χ0v) is 12.9. The van der Waals surface area contributed by atoms with E-state index in [0.717, 1.165) is 38.3 Å². The van der Waals surface area contributed by atoms with Gasteiger partial charge in [0.05, 0.1) is 0 Å². The molecule has 21 heavy (non-hydrogen) atoms. The fourth-order valence-electron chi connectivity index (χ4n) is 2.24. The van der Waals surface area contributed by atoms with E-state index in [9.17, 15) is 0 Å². The van der Waals surface area contributed by atoms with Gasteiger partial charge < -0.3 is 5.32 Å². The van der Waals surface area contributed by atoms with Crippen LogP contribution in [0.2, 0.25) is 0 Å². The highest BCUT2D eigenvalue weighted by Gasteiger charge is 2.01. The lowest BCUT2D eigenvalue weighted by atomic mass is 10.1. The molecule has 0 saturated heterocycles. The summed E-state index contributed by atoms with van der Waals surface area (Å²) in [6.07, 6.45) is 5.23. The van der Waals surface area contributed by atoms with Crippen LogP contribution in [0.3, 0.4) is 0 Å². The van der Waals surface area contributed by atoms with Crippen molar-refractivity contribution in [2.75, 3.05) is 13.1 Å². The number of rotatable bonds is 8. The van der Waals surface area contributed by atoms with Crippen LogP contribution in [0.25, 0.3) is 0 Å². The molecule has 1 aromatic heterocycles. The molecule has 0 amide bonds. The summed E-state index contributed by atoms with van der Waals surface area (Å²) < 4.78 is 0. The van der Waals surface area contributed by atoms with E-state index in [4.69, 9.17) is 0 Å². The largest absolute Gasteiger partial charge is 0.309 e. The lowest BCUT2D eigenvalue weighted by molar-refractivity contribution is 0.296. The molecular formula is C17H24N4. The van der Waals surface area contributed by atoms with Crippen molar-refractivity contribution in [3.05, 3.63) is 59.7 Å². The van der Waals surface area contributed by atoms with Gasteiger partial charge >= 0.3 is 0 Å². The Morgan fingerprint density at radius 1 is 0.857 bits per heavy atom. The Hall–Kier alpha value is -1.78. The van der Waals surface area contributed by atoms with Crippen molar-refractivity contribution in [2.24, 2.45) is 0 Å². The molecule has 1 heterocycles. The van der Waals surface area contributed by atoms with Gasteiger partial charge in [0.15, 0.2) is 0 Å². The first-order valence-corrected chi connectivity index (χ1v) is 7.56. The molecule has 0 bridgehead atoms. The summed E-state index contributed by atoms with van der Waals surface area (Å²) in [7, 11) is 0. The summed E-state index contributed by atoms with van der Waals surface area (Å²) in [6.45, 7) is 9.28. The minimum Gasteiger partial charge on any atom is -0.309 e. The number of hydrogen-bond donors (Lipinski definition) is 1. The van der Waals surface area contributed by atoms with Crippen molar-refractivity contribution in [3.63, 3.8) is 0 Å². The Bertz CT molecular complexity index is 506. The van der Waals surface area contributed by atoms with E-state index >= 15 is 0 Å². The Labute approximate surface area is 127 Å². The van der Waals surface area contributed by atoms with Crippen LogP contribution in [-0.4, -0.2) is 28.0 Å². The third kappa shape index (κ3) is 5.25. The first-order chi connectivity index (χ1) is 10.3. The molecule has 0 spiro atoms. The van der Waals surface area contributed by atoms with Gasteiger partial charge in [0.2, 0.25) is 0 Å². The first-order valence-electron chi connectivity index (χ1n) is 7.56. The molecule has 0 saturated carbocycles. The minimum atomic E-state index is 0.794. The van der Waals surface area contributed by atoms with Crippen LogP contribution in [0.1, 0.15) is 30.5 Å². The normalized spacial score (nSPS) is 11.0. The number of nitrogens with zero attached hydrogens (tertiary/aromatic N) is 3. The van der Waals surface area contributed by atoms with E-state index in [2.05, 4.69) is 58.3 Å². The second-order valence-electron chi connectivity index (χ2n) is 5.13. The maximum atomic E-state index is 4.01. The van der Waals surface area contributed by atoms with Crippen LogP contribution in [0.4, 0.5) is 0 Å². The number of nitrogens with one attached hydrogen (secondary N) is 1. The standard InChI is InChI=1S/C17H24N4/c1-3-21(4-2)13-16-7-5-15(6-8-16)9-18-10-17-11-19-14-20-12-17/h5-8,11-12,14,18H,3-4,9-10,13H2,1-2H3. The predicted molar refractivity (Wildman–Crippen MR) is 85.6 cm³/mol. The maximum Gasteiger partial charge on any atom is 0.115 e. The summed E-state index contributed by atoms with van der Waals surface area (Å²) in [5.74, 6) is 0. The molecule has 0 atom stereocenters. The fourth-order valence-corrected chi connectivity index (χ4v) is 2.24. The topological polar surface area (TPSA) is 41.0 Å².